The number of hydrogen-bond donors (Lipinski definition) is 1. The molecule has 0 atom stereocenters. The highest BCUT2D eigenvalue weighted by atomic mass is 32.2. The van der Waals surface area contributed by atoms with Crippen LogP contribution in [0.25, 0.3) is 0 Å². The molecule has 0 fully saturated rings. The minimum atomic E-state index is -3.93. The smallest absolute Gasteiger partial charge is 0.243 e. The van der Waals surface area contributed by atoms with E-state index in [9.17, 15) is 13.2 Å². The number of carbonyl (C=O) groups excluding carboxylic acids is 1. The minimum absolute atomic E-state index is 0.0932. The molecule has 1 amide bonds. The van der Waals surface area contributed by atoms with Crippen molar-refractivity contribution in [1.82, 2.24) is 14.4 Å². The Morgan fingerprint density at radius 3 is 2.28 bits per heavy atom. The van der Waals surface area contributed by atoms with E-state index in [1.807, 2.05) is 56.3 Å². The second-order valence-corrected chi connectivity index (χ2v) is 11.3. The van der Waals surface area contributed by atoms with Crippen LogP contribution in [0, 0.1) is 0 Å². The third-order valence-corrected chi connectivity index (χ3v) is 7.95. The zero-order chi connectivity index (χ0) is 27.8. The van der Waals surface area contributed by atoms with Gasteiger partial charge in [-0.1, -0.05) is 61.5 Å². The average Bonchev–Trinajstić information content (AvgIpc) is 3.41. The quantitative estimate of drug-likeness (QED) is 0.274. The number of carbonyl (C=O) groups is 1. The van der Waals surface area contributed by atoms with Crippen molar-refractivity contribution >= 4 is 21.6 Å². The van der Waals surface area contributed by atoms with E-state index in [1.165, 1.54) is 23.5 Å². The number of rotatable bonds is 12. The molecule has 0 saturated heterocycles. The molecular weight excluding hydrogens is 516 g/mol. The number of sulfonamides is 1. The molecule has 0 aliphatic rings. The number of hydrogen-bond acceptors (Lipinski definition) is 7. The normalized spacial score (nSPS) is 11.6. The molecule has 1 aromatic heterocycles. The molecule has 0 unspecified atom stereocenters. The maximum absolute atomic E-state index is 13.5. The molecule has 0 aliphatic carbocycles. The van der Waals surface area contributed by atoms with Crippen LogP contribution in [0.4, 0.5) is 5.69 Å². The summed E-state index contributed by atoms with van der Waals surface area (Å²) < 4.78 is 38.6. The predicted octanol–water partition coefficient (Wildman–Crippen LogP) is 4.66. The Morgan fingerprint density at radius 2 is 1.67 bits per heavy atom. The van der Waals surface area contributed by atoms with Crippen molar-refractivity contribution in [3.63, 3.8) is 0 Å². The summed E-state index contributed by atoms with van der Waals surface area (Å²) >= 11 is 0. The van der Waals surface area contributed by atoms with E-state index in [-0.39, 0.29) is 23.9 Å². The summed E-state index contributed by atoms with van der Waals surface area (Å²) in [7, 11) is -2.42. The number of nitrogens with zero attached hydrogens (tertiary/aromatic N) is 3. The number of amides is 1. The highest BCUT2D eigenvalue weighted by Gasteiger charge is 2.26. The zero-order valence-corrected chi connectivity index (χ0v) is 23.0. The number of benzene rings is 3. The van der Waals surface area contributed by atoms with Crippen LogP contribution in [0.5, 0.6) is 5.75 Å². The number of ether oxygens (including phenoxy) is 1. The van der Waals surface area contributed by atoms with E-state index in [0.717, 1.165) is 11.1 Å². The molecule has 0 spiro atoms. The molecule has 39 heavy (non-hydrogen) atoms. The van der Waals surface area contributed by atoms with Gasteiger partial charge in [-0.2, -0.15) is 9.29 Å². The van der Waals surface area contributed by atoms with Gasteiger partial charge in [0, 0.05) is 24.6 Å². The maximum atomic E-state index is 13.5. The Morgan fingerprint density at radius 1 is 0.974 bits per heavy atom. The highest BCUT2D eigenvalue weighted by Crippen LogP contribution is 2.21. The van der Waals surface area contributed by atoms with E-state index in [2.05, 4.69) is 15.5 Å². The standard InChI is InChI=1S/C29H32N4O5S/c1-21(2)29-31-27(32-38-29)19-23-9-11-24(12-10-23)30-28(34)20-33(18-17-22-7-5-4-6-8-22)39(35,36)26-15-13-25(37-3)14-16-26/h4-16,21H,17-20H2,1-3H3,(H,30,34). The summed E-state index contributed by atoms with van der Waals surface area (Å²) in [5.74, 6) is 1.45. The van der Waals surface area contributed by atoms with Crippen molar-refractivity contribution in [2.45, 2.75) is 37.5 Å². The monoisotopic (exact) mass is 548 g/mol. The Bertz CT molecular complexity index is 1470. The Hall–Kier alpha value is -4.02. The van der Waals surface area contributed by atoms with Gasteiger partial charge in [0.1, 0.15) is 5.75 Å². The molecule has 10 heteroatoms. The van der Waals surface area contributed by atoms with Gasteiger partial charge in [0.05, 0.1) is 18.6 Å². The SMILES string of the molecule is COc1ccc(S(=O)(=O)N(CCc2ccccc2)CC(=O)Nc2ccc(Cc3noc(C(C)C)n3)cc2)cc1. The first-order valence-electron chi connectivity index (χ1n) is 12.6. The third kappa shape index (κ3) is 7.52. The summed E-state index contributed by atoms with van der Waals surface area (Å²) in [6.45, 7) is 3.79. The van der Waals surface area contributed by atoms with Gasteiger partial charge in [0.15, 0.2) is 5.82 Å². The highest BCUT2D eigenvalue weighted by molar-refractivity contribution is 7.89. The van der Waals surface area contributed by atoms with Crippen molar-refractivity contribution in [3.8, 4) is 5.75 Å². The van der Waals surface area contributed by atoms with Crippen LogP contribution in [0.15, 0.2) is 88.3 Å². The fraction of sp³-hybridized carbons (Fsp3) is 0.276. The van der Waals surface area contributed by atoms with E-state index < -0.39 is 15.9 Å². The molecule has 1 heterocycles. The molecule has 204 valence electrons. The van der Waals surface area contributed by atoms with E-state index >= 15 is 0 Å². The van der Waals surface area contributed by atoms with Crippen molar-refractivity contribution in [1.29, 1.82) is 0 Å². The molecule has 0 aliphatic heterocycles. The lowest BCUT2D eigenvalue weighted by atomic mass is 10.1. The lowest BCUT2D eigenvalue weighted by molar-refractivity contribution is -0.116. The summed E-state index contributed by atoms with van der Waals surface area (Å²) in [6.07, 6.45) is 0.963. The van der Waals surface area contributed by atoms with Crippen molar-refractivity contribution < 1.29 is 22.5 Å². The number of methoxy groups -OCH3 is 1. The van der Waals surface area contributed by atoms with Crippen LogP contribution in [0.2, 0.25) is 0 Å². The van der Waals surface area contributed by atoms with Crippen molar-refractivity contribution in [2.75, 3.05) is 25.5 Å². The second kappa shape index (κ2) is 12.7. The summed E-state index contributed by atoms with van der Waals surface area (Å²) in [6, 6.07) is 22.9. The fourth-order valence-corrected chi connectivity index (χ4v) is 5.30. The van der Waals surface area contributed by atoms with Gasteiger partial charge in [0.2, 0.25) is 21.8 Å². The van der Waals surface area contributed by atoms with Gasteiger partial charge in [-0.15, -0.1) is 0 Å². The predicted molar refractivity (Wildman–Crippen MR) is 148 cm³/mol. The zero-order valence-electron chi connectivity index (χ0n) is 22.2. The van der Waals surface area contributed by atoms with Gasteiger partial charge >= 0.3 is 0 Å². The first kappa shape index (κ1) is 28.0. The second-order valence-electron chi connectivity index (χ2n) is 9.38. The van der Waals surface area contributed by atoms with Gasteiger partial charge in [-0.3, -0.25) is 4.79 Å². The molecule has 4 aromatic rings. The van der Waals surface area contributed by atoms with E-state index in [4.69, 9.17) is 9.26 Å². The molecule has 3 aromatic carbocycles. The van der Waals surface area contributed by atoms with Crippen LogP contribution >= 0.6 is 0 Å². The summed E-state index contributed by atoms with van der Waals surface area (Å²) in [4.78, 5) is 17.5. The van der Waals surface area contributed by atoms with Gasteiger partial charge in [-0.25, -0.2) is 8.42 Å². The topological polar surface area (TPSA) is 115 Å². The van der Waals surface area contributed by atoms with E-state index in [0.29, 0.717) is 36.0 Å². The number of nitrogens with one attached hydrogen (secondary N) is 1. The van der Waals surface area contributed by atoms with Crippen molar-refractivity contribution in [3.05, 3.63) is 102 Å². The summed E-state index contributed by atoms with van der Waals surface area (Å²) in [5, 5.41) is 6.82. The van der Waals surface area contributed by atoms with E-state index in [1.54, 1.807) is 24.3 Å². The van der Waals surface area contributed by atoms with Gasteiger partial charge in [-0.05, 0) is 53.9 Å². The summed E-state index contributed by atoms with van der Waals surface area (Å²) in [5.41, 5.74) is 2.49. The largest absolute Gasteiger partial charge is 0.497 e. The minimum Gasteiger partial charge on any atom is -0.497 e. The molecule has 9 nitrogen and oxygen atoms in total. The van der Waals surface area contributed by atoms with Crippen LogP contribution in [0.1, 0.15) is 42.6 Å². The molecule has 0 bridgehead atoms. The third-order valence-electron chi connectivity index (χ3n) is 6.09. The molecule has 1 N–H and O–H groups in total. The first-order valence-corrected chi connectivity index (χ1v) is 14.1. The van der Waals surface area contributed by atoms with Crippen LogP contribution in [-0.4, -0.2) is 49.0 Å². The van der Waals surface area contributed by atoms with Gasteiger partial charge in [0.25, 0.3) is 0 Å². The molecule has 0 saturated carbocycles. The van der Waals surface area contributed by atoms with Crippen molar-refractivity contribution in [2.24, 2.45) is 0 Å². The fourth-order valence-electron chi connectivity index (χ4n) is 3.90. The first-order chi connectivity index (χ1) is 18.7. The number of anilines is 1. The van der Waals surface area contributed by atoms with Crippen LogP contribution in [0.3, 0.4) is 0 Å². The average molecular weight is 549 g/mol. The van der Waals surface area contributed by atoms with Gasteiger partial charge < -0.3 is 14.6 Å². The molecule has 4 rings (SSSR count). The maximum Gasteiger partial charge on any atom is 0.243 e. The Labute approximate surface area is 228 Å². The lowest BCUT2D eigenvalue weighted by Crippen LogP contribution is -2.39. The van der Waals surface area contributed by atoms with Crippen LogP contribution < -0.4 is 10.1 Å². The Kier molecular flexibility index (Phi) is 9.11. The Balaban J connectivity index is 1.44. The van der Waals surface area contributed by atoms with Crippen LogP contribution in [-0.2, 0) is 27.7 Å². The molecular formula is C29H32N4O5S. The lowest BCUT2D eigenvalue weighted by Gasteiger charge is -2.22. The number of aromatic nitrogens is 2. The molecule has 0 radical (unpaired) electrons.